The largest absolute Gasteiger partial charge is 0.340 e. The third-order valence-corrected chi connectivity index (χ3v) is 5.66. The zero-order chi connectivity index (χ0) is 19.6. The molecular formula is C23H23N5O. The molecule has 0 saturated heterocycles. The Morgan fingerprint density at radius 3 is 2.59 bits per heavy atom. The summed E-state index contributed by atoms with van der Waals surface area (Å²) >= 11 is 0. The van der Waals surface area contributed by atoms with E-state index >= 15 is 0 Å². The van der Waals surface area contributed by atoms with Crippen LogP contribution in [-0.4, -0.2) is 19.3 Å². The number of benzene rings is 1. The lowest BCUT2D eigenvalue weighted by Gasteiger charge is -2.25. The van der Waals surface area contributed by atoms with Gasteiger partial charge in [-0.2, -0.15) is 5.10 Å². The number of rotatable bonds is 4. The van der Waals surface area contributed by atoms with Gasteiger partial charge >= 0.3 is 0 Å². The molecule has 1 aliphatic rings. The molecule has 1 fully saturated rings. The van der Waals surface area contributed by atoms with Crippen LogP contribution in [-0.2, 0) is 0 Å². The number of pyridine rings is 2. The Hall–Kier alpha value is -3.41. The second-order valence-electron chi connectivity index (χ2n) is 7.58. The Kier molecular flexibility index (Phi) is 4.60. The quantitative estimate of drug-likeness (QED) is 0.546. The van der Waals surface area contributed by atoms with Gasteiger partial charge in [-0.1, -0.05) is 19.3 Å². The summed E-state index contributed by atoms with van der Waals surface area (Å²) in [6.07, 6.45) is 11.3. The van der Waals surface area contributed by atoms with E-state index in [4.69, 9.17) is 0 Å². The van der Waals surface area contributed by atoms with E-state index < -0.39 is 0 Å². The Labute approximate surface area is 168 Å². The van der Waals surface area contributed by atoms with Crippen molar-refractivity contribution in [2.24, 2.45) is 0 Å². The molecule has 0 radical (unpaired) electrons. The number of aromatic nitrogens is 4. The van der Waals surface area contributed by atoms with E-state index in [1.807, 2.05) is 64.1 Å². The van der Waals surface area contributed by atoms with Gasteiger partial charge in [0, 0.05) is 47.8 Å². The van der Waals surface area contributed by atoms with E-state index in [1.54, 1.807) is 12.3 Å². The number of nitrogens with one attached hydrogen (secondary N) is 1. The average Bonchev–Trinajstić information content (AvgIpc) is 3.30. The van der Waals surface area contributed by atoms with Crippen molar-refractivity contribution in [2.75, 3.05) is 5.32 Å². The van der Waals surface area contributed by atoms with E-state index in [1.165, 1.54) is 19.3 Å². The first-order valence-corrected chi connectivity index (χ1v) is 10.2. The van der Waals surface area contributed by atoms with Gasteiger partial charge in [0.05, 0.1) is 11.2 Å². The van der Waals surface area contributed by atoms with E-state index in [9.17, 15) is 4.79 Å². The van der Waals surface area contributed by atoms with Crippen LogP contribution in [0.5, 0.6) is 0 Å². The Bertz CT molecular complexity index is 1170. The van der Waals surface area contributed by atoms with E-state index in [2.05, 4.69) is 15.4 Å². The molecule has 6 nitrogen and oxygen atoms in total. The molecule has 0 bridgehead atoms. The van der Waals surface area contributed by atoms with Crippen molar-refractivity contribution < 1.29 is 0 Å². The van der Waals surface area contributed by atoms with Crippen molar-refractivity contribution in [3.05, 3.63) is 77.5 Å². The number of hydrogen-bond acceptors (Lipinski definition) is 4. The van der Waals surface area contributed by atoms with Gasteiger partial charge in [-0.25, -0.2) is 9.67 Å². The highest BCUT2D eigenvalue weighted by molar-refractivity contribution is 5.81. The van der Waals surface area contributed by atoms with Gasteiger partial charge in [-0.05, 0) is 49.2 Å². The normalized spacial score (nSPS) is 14.9. The second-order valence-corrected chi connectivity index (χ2v) is 7.58. The van der Waals surface area contributed by atoms with Crippen LogP contribution in [0.25, 0.3) is 16.6 Å². The molecule has 3 heterocycles. The number of anilines is 2. The minimum Gasteiger partial charge on any atom is -0.340 e. The number of nitrogens with zero attached hydrogens (tertiary/aromatic N) is 4. The van der Waals surface area contributed by atoms with E-state index in [0.29, 0.717) is 0 Å². The van der Waals surface area contributed by atoms with Crippen molar-refractivity contribution >= 4 is 22.4 Å². The molecule has 29 heavy (non-hydrogen) atoms. The first-order chi connectivity index (χ1) is 14.3. The summed E-state index contributed by atoms with van der Waals surface area (Å²) < 4.78 is 3.79. The minimum atomic E-state index is 0.0742. The van der Waals surface area contributed by atoms with Crippen LogP contribution in [0.3, 0.4) is 0 Å². The summed E-state index contributed by atoms with van der Waals surface area (Å²) in [4.78, 5) is 17.2. The molecule has 0 atom stereocenters. The van der Waals surface area contributed by atoms with Gasteiger partial charge in [0.2, 0.25) is 0 Å². The van der Waals surface area contributed by atoms with Gasteiger partial charge in [0.1, 0.15) is 5.82 Å². The predicted molar refractivity (Wildman–Crippen MR) is 115 cm³/mol. The molecule has 3 aromatic heterocycles. The first kappa shape index (κ1) is 17.7. The Morgan fingerprint density at radius 1 is 1.00 bits per heavy atom. The summed E-state index contributed by atoms with van der Waals surface area (Å²) in [5.74, 6) is 0.736. The average molecular weight is 385 g/mol. The van der Waals surface area contributed by atoms with Crippen LogP contribution in [0.15, 0.2) is 71.9 Å². The fourth-order valence-electron chi connectivity index (χ4n) is 4.20. The minimum absolute atomic E-state index is 0.0742. The molecule has 0 spiro atoms. The van der Waals surface area contributed by atoms with Crippen molar-refractivity contribution in [3.8, 4) is 5.69 Å². The summed E-state index contributed by atoms with van der Waals surface area (Å²) in [6, 6.07) is 15.7. The molecule has 5 rings (SSSR count). The number of fused-ring (bicyclic) bond motifs is 1. The lowest BCUT2D eigenvalue weighted by atomic mass is 9.95. The van der Waals surface area contributed by atoms with Gasteiger partial charge in [-0.3, -0.25) is 4.79 Å². The molecule has 146 valence electrons. The maximum Gasteiger partial charge on any atom is 0.251 e. The lowest BCUT2D eigenvalue weighted by Crippen LogP contribution is -2.26. The smallest absolute Gasteiger partial charge is 0.251 e. The second kappa shape index (κ2) is 7.54. The van der Waals surface area contributed by atoms with Crippen molar-refractivity contribution in [1.82, 2.24) is 19.3 Å². The van der Waals surface area contributed by atoms with Crippen LogP contribution >= 0.6 is 0 Å². The molecule has 1 N–H and O–H groups in total. The number of hydrogen-bond donors (Lipinski definition) is 1. The zero-order valence-electron chi connectivity index (χ0n) is 16.2. The molecule has 0 amide bonds. The molecule has 6 heteroatoms. The van der Waals surface area contributed by atoms with Gasteiger partial charge < -0.3 is 9.88 Å². The maximum absolute atomic E-state index is 12.7. The summed E-state index contributed by atoms with van der Waals surface area (Å²) in [7, 11) is 0. The molecule has 4 aromatic rings. The summed E-state index contributed by atoms with van der Waals surface area (Å²) in [6.45, 7) is 0. The van der Waals surface area contributed by atoms with Crippen LogP contribution in [0.2, 0.25) is 0 Å². The van der Waals surface area contributed by atoms with E-state index in [0.717, 1.165) is 40.9 Å². The highest BCUT2D eigenvalue weighted by Crippen LogP contribution is 2.30. The van der Waals surface area contributed by atoms with Crippen molar-refractivity contribution in [3.63, 3.8) is 0 Å². The molecule has 1 saturated carbocycles. The highest BCUT2D eigenvalue weighted by atomic mass is 16.1. The standard InChI is InChI=1S/C23H23N5O/c29-23-12-7-17-16-24-22(15-21(17)28(23)20-5-2-1-3-6-20)26-18-8-10-19(11-9-18)27-14-4-13-25-27/h4,7-16,20H,1-3,5-6H2,(H,24,26). The third-order valence-electron chi connectivity index (χ3n) is 5.66. The lowest BCUT2D eigenvalue weighted by molar-refractivity contribution is 0.354. The van der Waals surface area contributed by atoms with Crippen LogP contribution in [0, 0.1) is 0 Å². The van der Waals surface area contributed by atoms with Gasteiger partial charge in [0.25, 0.3) is 5.56 Å². The van der Waals surface area contributed by atoms with Gasteiger partial charge in [0.15, 0.2) is 0 Å². The first-order valence-electron chi connectivity index (χ1n) is 10.2. The zero-order valence-corrected chi connectivity index (χ0v) is 16.2. The SMILES string of the molecule is O=c1ccc2cnc(Nc3ccc(-n4cccn4)cc3)cc2n1C1CCCCC1. The van der Waals surface area contributed by atoms with Crippen molar-refractivity contribution in [1.29, 1.82) is 0 Å². The van der Waals surface area contributed by atoms with Gasteiger partial charge in [-0.15, -0.1) is 0 Å². The predicted octanol–water partition coefficient (Wildman–Crippen LogP) is 4.83. The summed E-state index contributed by atoms with van der Waals surface area (Å²) in [5.41, 5.74) is 2.97. The molecular weight excluding hydrogens is 362 g/mol. The van der Waals surface area contributed by atoms with Crippen LogP contribution < -0.4 is 10.9 Å². The van der Waals surface area contributed by atoms with Crippen molar-refractivity contribution in [2.45, 2.75) is 38.1 Å². The third kappa shape index (κ3) is 3.53. The highest BCUT2D eigenvalue weighted by Gasteiger charge is 2.18. The Balaban J connectivity index is 1.47. The molecule has 0 aliphatic heterocycles. The fourth-order valence-corrected chi connectivity index (χ4v) is 4.20. The molecule has 1 aliphatic carbocycles. The summed E-state index contributed by atoms with van der Waals surface area (Å²) in [5, 5.41) is 8.61. The topological polar surface area (TPSA) is 64.7 Å². The van der Waals surface area contributed by atoms with Crippen LogP contribution in [0.1, 0.15) is 38.1 Å². The Morgan fingerprint density at radius 2 is 1.83 bits per heavy atom. The maximum atomic E-state index is 12.7. The molecule has 1 aromatic carbocycles. The van der Waals surface area contributed by atoms with Crippen LogP contribution in [0.4, 0.5) is 11.5 Å². The monoisotopic (exact) mass is 385 g/mol. The molecule has 0 unspecified atom stereocenters. The fraction of sp³-hybridized carbons (Fsp3) is 0.261. The van der Waals surface area contributed by atoms with E-state index in [-0.39, 0.29) is 11.6 Å².